The van der Waals surface area contributed by atoms with Crippen molar-refractivity contribution in [3.05, 3.63) is 54.2 Å². The first kappa shape index (κ1) is 21.7. The lowest BCUT2D eigenvalue weighted by atomic mass is 10.2. The summed E-state index contributed by atoms with van der Waals surface area (Å²) in [5.41, 5.74) is 2.53. The zero-order valence-electron chi connectivity index (χ0n) is 17.1. The summed E-state index contributed by atoms with van der Waals surface area (Å²) in [7, 11) is 1.83. The lowest BCUT2D eigenvalue weighted by Crippen LogP contribution is -2.44. The highest BCUT2D eigenvalue weighted by atomic mass is 127. The first-order chi connectivity index (χ1) is 13.8. The quantitative estimate of drug-likeness (QED) is 0.371. The number of nitrogens with zero attached hydrogens (tertiary/aromatic N) is 4. The summed E-state index contributed by atoms with van der Waals surface area (Å²) >= 11 is 0. The zero-order chi connectivity index (χ0) is 19.2. The van der Waals surface area contributed by atoms with Gasteiger partial charge in [0.25, 0.3) is 0 Å². The van der Waals surface area contributed by atoms with Gasteiger partial charge in [-0.05, 0) is 49.1 Å². The molecule has 0 radical (unpaired) electrons. The van der Waals surface area contributed by atoms with Crippen molar-refractivity contribution in [2.45, 2.75) is 31.8 Å². The van der Waals surface area contributed by atoms with E-state index in [0.717, 1.165) is 50.9 Å². The molecule has 2 aliphatic heterocycles. The largest absolute Gasteiger partial charge is 0.369 e. The van der Waals surface area contributed by atoms with Crippen LogP contribution >= 0.6 is 24.0 Å². The zero-order valence-corrected chi connectivity index (χ0v) is 19.4. The molecule has 4 rings (SSSR count). The summed E-state index contributed by atoms with van der Waals surface area (Å²) in [6.45, 7) is 5.05. The molecule has 0 aliphatic carbocycles. The topological polar surface area (TPSA) is 55.8 Å². The standard InChI is InChI=1S/C22H30N6.HI/c1-23-22(26-19-10-14-28(17-19)20-7-3-2-4-8-20)25-16-18-9-11-24-21(15-18)27-12-5-6-13-27;/h2-4,7-9,11,15,19H,5-6,10,12-14,16-17H2,1H3,(H2,23,25,26);1H. The number of pyridine rings is 1. The van der Waals surface area contributed by atoms with Crippen molar-refractivity contribution in [2.75, 3.05) is 43.0 Å². The third-order valence-corrected chi connectivity index (χ3v) is 5.57. The van der Waals surface area contributed by atoms with E-state index in [2.05, 4.69) is 72.9 Å². The molecule has 0 amide bonds. The van der Waals surface area contributed by atoms with Crippen molar-refractivity contribution in [1.29, 1.82) is 0 Å². The van der Waals surface area contributed by atoms with Gasteiger partial charge in [0.2, 0.25) is 0 Å². The van der Waals surface area contributed by atoms with Gasteiger partial charge in [-0.25, -0.2) is 4.98 Å². The molecular formula is C22H31IN6. The van der Waals surface area contributed by atoms with Gasteiger partial charge < -0.3 is 20.4 Å². The summed E-state index contributed by atoms with van der Waals surface area (Å²) in [6, 6.07) is 15.3. The third-order valence-electron chi connectivity index (χ3n) is 5.57. The predicted molar refractivity (Wildman–Crippen MR) is 131 cm³/mol. The number of guanidine groups is 1. The van der Waals surface area contributed by atoms with E-state index in [-0.39, 0.29) is 24.0 Å². The van der Waals surface area contributed by atoms with E-state index in [1.165, 1.54) is 24.1 Å². The highest BCUT2D eigenvalue weighted by Gasteiger charge is 2.23. The minimum absolute atomic E-state index is 0. The summed E-state index contributed by atoms with van der Waals surface area (Å²) < 4.78 is 0. The SMILES string of the molecule is CN=C(NCc1ccnc(N2CCCC2)c1)NC1CCN(c2ccccc2)C1.I. The second-order valence-corrected chi connectivity index (χ2v) is 7.55. The second-order valence-electron chi connectivity index (χ2n) is 7.55. The molecule has 29 heavy (non-hydrogen) atoms. The number of anilines is 2. The van der Waals surface area contributed by atoms with Crippen molar-refractivity contribution in [1.82, 2.24) is 15.6 Å². The molecule has 2 N–H and O–H groups in total. The van der Waals surface area contributed by atoms with E-state index in [4.69, 9.17) is 0 Å². The predicted octanol–water partition coefficient (Wildman–Crippen LogP) is 3.24. The summed E-state index contributed by atoms with van der Waals surface area (Å²) in [5, 5.41) is 7.04. The molecule has 0 saturated carbocycles. The molecular weight excluding hydrogens is 475 g/mol. The molecule has 3 heterocycles. The van der Waals surface area contributed by atoms with E-state index in [9.17, 15) is 0 Å². The molecule has 1 unspecified atom stereocenters. The Hall–Kier alpha value is -2.03. The van der Waals surface area contributed by atoms with Crippen molar-refractivity contribution < 1.29 is 0 Å². The minimum Gasteiger partial charge on any atom is -0.369 e. The molecule has 1 aromatic heterocycles. The maximum Gasteiger partial charge on any atom is 0.191 e. The van der Waals surface area contributed by atoms with Crippen LogP contribution in [0.15, 0.2) is 53.7 Å². The second kappa shape index (κ2) is 10.7. The van der Waals surface area contributed by atoms with Gasteiger partial charge in [-0.15, -0.1) is 24.0 Å². The normalized spacial score (nSPS) is 19.2. The number of para-hydroxylation sites is 1. The van der Waals surface area contributed by atoms with E-state index < -0.39 is 0 Å². The molecule has 0 spiro atoms. The Morgan fingerprint density at radius 2 is 1.90 bits per heavy atom. The molecule has 2 saturated heterocycles. The van der Waals surface area contributed by atoms with Crippen LogP contribution in [0.3, 0.4) is 0 Å². The number of halogens is 1. The maximum atomic E-state index is 4.54. The fourth-order valence-corrected chi connectivity index (χ4v) is 4.01. The van der Waals surface area contributed by atoms with Gasteiger partial charge >= 0.3 is 0 Å². The number of hydrogen-bond acceptors (Lipinski definition) is 4. The van der Waals surface area contributed by atoms with Crippen molar-refractivity contribution in [3.63, 3.8) is 0 Å². The Labute approximate surface area is 190 Å². The van der Waals surface area contributed by atoms with Crippen molar-refractivity contribution in [3.8, 4) is 0 Å². The van der Waals surface area contributed by atoms with Crippen LogP contribution in [0.2, 0.25) is 0 Å². The highest BCUT2D eigenvalue weighted by Crippen LogP contribution is 2.20. The summed E-state index contributed by atoms with van der Waals surface area (Å²) in [6.07, 6.45) is 5.56. The van der Waals surface area contributed by atoms with Crippen LogP contribution in [0, 0.1) is 0 Å². The Kier molecular flexibility index (Phi) is 7.97. The molecule has 2 aliphatic rings. The lowest BCUT2D eigenvalue weighted by molar-refractivity contribution is 0.648. The van der Waals surface area contributed by atoms with E-state index in [0.29, 0.717) is 6.04 Å². The monoisotopic (exact) mass is 506 g/mol. The number of rotatable bonds is 5. The van der Waals surface area contributed by atoms with E-state index >= 15 is 0 Å². The fraction of sp³-hybridized carbons (Fsp3) is 0.455. The molecule has 1 aromatic carbocycles. The van der Waals surface area contributed by atoms with Gasteiger partial charge in [0.05, 0.1) is 0 Å². The number of aliphatic imine (C=N–C) groups is 1. The molecule has 6 nitrogen and oxygen atoms in total. The van der Waals surface area contributed by atoms with E-state index in [1.54, 1.807) is 0 Å². The van der Waals surface area contributed by atoms with Gasteiger partial charge in [0.15, 0.2) is 5.96 Å². The van der Waals surface area contributed by atoms with Gasteiger partial charge in [-0.2, -0.15) is 0 Å². The number of aromatic nitrogens is 1. The molecule has 7 heteroatoms. The number of hydrogen-bond donors (Lipinski definition) is 2. The number of benzene rings is 1. The van der Waals surface area contributed by atoms with Gasteiger partial charge in [0, 0.05) is 57.7 Å². The van der Waals surface area contributed by atoms with Crippen LogP contribution in [0.1, 0.15) is 24.8 Å². The molecule has 0 bridgehead atoms. The van der Waals surface area contributed by atoms with Gasteiger partial charge in [0.1, 0.15) is 5.82 Å². The Morgan fingerprint density at radius 3 is 2.66 bits per heavy atom. The van der Waals surface area contributed by atoms with Crippen molar-refractivity contribution in [2.24, 2.45) is 4.99 Å². The van der Waals surface area contributed by atoms with Crippen LogP contribution in [-0.4, -0.2) is 50.2 Å². The Morgan fingerprint density at radius 1 is 1.10 bits per heavy atom. The summed E-state index contributed by atoms with van der Waals surface area (Å²) in [5.74, 6) is 1.95. The summed E-state index contributed by atoms with van der Waals surface area (Å²) in [4.78, 5) is 13.7. The smallest absolute Gasteiger partial charge is 0.191 e. The Balaban J connectivity index is 0.00000240. The van der Waals surface area contributed by atoms with Gasteiger partial charge in [-0.3, -0.25) is 4.99 Å². The fourth-order valence-electron chi connectivity index (χ4n) is 4.01. The molecule has 2 fully saturated rings. The lowest BCUT2D eigenvalue weighted by Gasteiger charge is -2.21. The third kappa shape index (κ3) is 5.74. The molecule has 156 valence electrons. The molecule has 1 atom stereocenters. The van der Waals surface area contributed by atoms with Crippen LogP contribution in [0.4, 0.5) is 11.5 Å². The van der Waals surface area contributed by atoms with Crippen LogP contribution in [-0.2, 0) is 6.54 Å². The average molecular weight is 506 g/mol. The minimum atomic E-state index is 0. The van der Waals surface area contributed by atoms with Crippen LogP contribution in [0.25, 0.3) is 0 Å². The van der Waals surface area contributed by atoms with Crippen LogP contribution in [0.5, 0.6) is 0 Å². The highest BCUT2D eigenvalue weighted by molar-refractivity contribution is 14.0. The Bertz CT molecular complexity index is 791. The number of nitrogens with one attached hydrogen (secondary N) is 2. The molecule has 2 aromatic rings. The van der Waals surface area contributed by atoms with Gasteiger partial charge in [-0.1, -0.05) is 18.2 Å². The van der Waals surface area contributed by atoms with E-state index in [1.807, 2.05) is 13.2 Å². The van der Waals surface area contributed by atoms with Crippen LogP contribution < -0.4 is 20.4 Å². The van der Waals surface area contributed by atoms with Crippen molar-refractivity contribution >= 4 is 41.4 Å². The first-order valence-electron chi connectivity index (χ1n) is 10.3. The average Bonchev–Trinajstić information content (AvgIpc) is 3.44. The maximum absolute atomic E-state index is 4.54. The first-order valence-corrected chi connectivity index (χ1v) is 10.3.